The zero-order chi connectivity index (χ0) is 23.5. The first-order chi connectivity index (χ1) is 16.6. The van der Waals surface area contributed by atoms with Gasteiger partial charge < -0.3 is 25.7 Å². The maximum absolute atomic E-state index is 5.97. The maximum Gasteiger partial charge on any atom is 0.222 e. The van der Waals surface area contributed by atoms with Gasteiger partial charge in [0, 0.05) is 50.0 Å². The average molecular weight is 464 g/mol. The van der Waals surface area contributed by atoms with Gasteiger partial charge in [0.2, 0.25) is 5.95 Å². The smallest absolute Gasteiger partial charge is 0.222 e. The Hall–Kier alpha value is -2.84. The van der Waals surface area contributed by atoms with Gasteiger partial charge in [0.15, 0.2) is 5.82 Å². The molecule has 34 heavy (non-hydrogen) atoms. The minimum Gasteiger partial charge on any atom is -0.496 e. The van der Waals surface area contributed by atoms with Gasteiger partial charge in [-0.1, -0.05) is 31.9 Å². The van der Waals surface area contributed by atoms with Crippen molar-refractivity contribution in [2.24, 2.45) is 0 Å². The van der Waals surface area contributed by atoms with Gasteiger partial charge in [-0.2, -0.15) is 4.98 Å². The lowest BCUT2D eigenvalue weighted by atomic mass is 10.1. The monoisotopic (exact) mass is 463 g/mol. The molecule has 8 heteroatoms. The van der Waals surface area contributed by atoms with Crippen molar-refractivity contribution in [1.29, 1.82) is 0 Å². The summed E-state index contributed by atoms with van der Waals surface area (Å²) >= 11 is 0. The van der Waals surface area contributed by atoms with E-state index in [2.05, 4.69) is 61.4 Å². The summed E-state index contributed by atoms with van der Waals surface area (Å²) in [5.41, 5.74) is 10.2. The fourth-order valence-electron chi connectivity index (χ4n) is 4.81. The molecule has 1 aliphatic heterocycles. The highest BCUT2D eigenvalue weighted by Crippen LogP contribution is 2.28. The van der Waals surface area contributed by atoms with Crippen LogP contribution in [-0.2, 0) is 13.1 Å². The third-order valence-corrected chi connectivity index (χ3v) is 6.80. The molecule has 8 nitrogen and oxygen atoms in total. The van der Waals surface area contributed by atoms with Crippen LogP contribution in [0.3, 0.4) is 0 Å². The highest BCUT2D eigenvalue weighted by Gasteiger charge is 2.32. The Balaban J connectivity index is 1.29. The average Bonchev–Trinajstić information content (AvgIpc) is 3.54. The topological polar surface area (TPSA) is 93.3 Å². The van der Waals surface area contributed by atoms with Crippen molar-refractivity contribution in [2.45, 2.75) is 64.2 Å². The van der Waals surface area contributed by atoms with Crippen molar-refractivity contribution in [1.82, 2.24) is 24.8 Å². The molecule has 0 atom stereocenters. The van der Waals surface area contributed by atoms with E-state index in [0.29, 0.717) is 18.5 Å². The van der Waals surface area contributed by atoms with Crippen LogP contribution >= 0.6 is 0 Å². The van der Waals surface area contributed by atoms with Crippen LogP contribution in [0.15, 0.2) is 30.5 Å². The number of hydrogen-bond donors (Lipinski definition) is 3. The molecule has 3 aromatic rings. The van der Waals surface area contributed by atoms with E-state index in [1.54, 1.807) is 7.11 Å². The number of aromatic nitrogens is 3. The van der Waals surface area contributed by atoms with Gasteiger partial charge in [0.05, 0.1) is 19.2 Å². The van der Waals surface area contributed by atoms with E-state index in [4.69, 9.17) is 10.5 Å². The van der Waals surface area contributed by atoms with E-state index in [1.807, 2.05) is 6.07 Å². The third-order valence-electron chi connectivity index (χ3n) is 6.80. The van der Waals surface area contributed by atoms with Crippen molar-refractivity contribution >= 4 is 22.8 Å². The van der Waals surface area contributed by atoms with Crippen LogP contribution in [0.4, 0.5) is 11.8 Å². The van der Waals surface area contributed by atoms with Gasteiger partial charge in [-0.05, 0) is 37.0 Å². The van der Waals surface area contributed by atoms with Crippen LogP contribution in [0.25, 0.3) is 11.0 Å². The van der Waals surface area contributed by atoms with Crippen LogP contribution < -0.4 is 21.1 Å². The Morgan fingerprint density at radius 1 is 1.09 bits per heavy atom. The number of nitrogens with two attached hydrogens (primary N) is 1. The second kappa shape index (κ2) is 10.2. The van der Waals surface area contributed by atoms with Crippen molar-refractivity contribution in [3.05, 3.63) is 41.6 Å². The van der Waals surface area contributed by atoms with Crippen LogP contribution in [0, 0.1) is 0 Å². The zero-order valence-electron chi connectivity index (χ0n) is 20.4. The molecule has 5 rings (SSSR count). The number of likely N-dealkylation sites (tertiary alicyclic amines) is 1. The van der Waals surface area contributed by atoms with E-state index in [-0.39, 0.29) is 0 Å². The number of nitrogens with zero attached hydrogens (tertiary/aromatic N) is 4. The van der Waals surface area contributed by atoms with Crippen LogP contribution in [0.5, 0.6) is 5.75 Å². The molecule has 0 radical (unpaired) electrons. The number of ether oxygens (including phenoxy) is 1. The Morgan fingerprint density at radius 3 is 2.71 bits per heavy atom. The van der Waals surface area contributed by atoms with Crippen LogP contribution in [0.2, 0.25) is 0 Å². The first-order valence-electron chi connectivity index (χ1n) is 12.6. The summed E-state index contributed by atoms with van der Waals surface area (Å²) in [7, 11) is 1.75. The van der Waals surface area contributed by atoms with Gasteiger partial charge in [-0.25, -0.2) is 4.98 Å². The molecule has 1 saturated carbocycles. The number of hydrogen-bond acceptors (Lipinski definition) is 7. The molecule has 182 valence electrons. The molecule has 2 aliphatic rings. The van der Waals surface area contributed by atoms with E-state index >= 15 is 0 Å². The molecule has 4 N–H and O–H groups in total. The first-order valence-corrected chi connectivity index (χ1v) is 12.6. The van der Waals surface area contributed by atoms with E-state index in [9.17, 15) is 0 Å². The molecule has 0 spiro atoms. The molecule has 2 fully saturated rings. The van der Waals surface area contributed by atoms with Crippen molar-refractivity contribution in [3.63, 3.8) is 0 Å². The lowest BCUT2D eigenvalue weighted by Crippen LogP contribution is -2.57. The number of anilines is 2. The number of methoxy groups -OCH3 is 1. The van der Waals surface area contributed by atoms with E-state index in [1.165, 1.54) is 31.2 Å². The summed E-state index contributed by atoms with van der Waals surface area (Å²) in [6, 6.07) is 10.0. The molecule has 2 aromatic heterocycles. The summed E-state index contributed by atoms with van der Waals surface area (Å²) in [5, 5.41) is 7.18. The van der Waals surface area contributed by atoms with Crippen molar-refractivity contribution in [2.75, 3.05) is 37.8 Å². The van der Waals surface area contributed by atoms with E-state index < -0.39 is 0 Å². The fraction of sp³-hybridized carbons (Fsp3) is 0.538. The van der Waals surface area contributed by atoms with Gasteiger partial charge >= 0.3 is 0 Å². The van der Waals surface area contributed by atoms with Crippen LogP contribution in [0.1, 0.15) is 50.2 Å². The number of benzene rings is 1. The molecular weight excluding hydrogens is 426 g/mol. The van der Waals surface area contributed by atoms with Gasteiger partial charge in [0.1, 0.15) is 11.3 Å². The summed E-state index contributed by atoms with van der Waals surface area (Å²) in [6.45, 7) is 6.99. The molecule has 0 bridgehead atoms. The third kappa shape index (κ3) is 5.28. The lowest BCUT2D eigenvalue weighted by molar-refractivity contribution is 0.117. The number of nitrogen functional groups attached to an aromatic ring is 1. The zero-order valence-corrected chi connectivity index (χ0v) is 20.4. The summed E-state index contributed by atoms with van der Waals surface area (Å²) in [4.78, 5) is 11.4. The Morgan fingerprint density at radius 2 is 1.94 bits per heavy atom. The van der Waals surface area contributed by atoms with Crippen molar-refractivity contribution in [3.8, 4) is 5.75 Å². The largest absolute Gasteiger partial charge is 0.496 e. The van der Waals surface area contributed by atoms with E-state index in [0.717, 1.165) is 66.8 Å². The molecule has 1 aliphatic carbocycles. The molecule has 0 unspecified atom stereocenters. The molecule has 3 heterocycles. The summed E-state index contributed by atoms with van der Waals surface area (Å²) in [5.74, 6) is 2.01. The number of nitrogens with one attached hydrogen (secondary N) is 2. The SMILES string of the molecule is CCCCCNc1nc(N)nc2ccn(Cc3ccc(CN4CC(NC5CC5)C4)cc3OC)c12. The Bertz CT molecular complexity index is 1120. The van der Waals surface area contributed by atoms with Crippen molar-refractivity contribution < 1.29 is 4.74 Å². The standard InChI is InChI=1S/C26H37N7O/c1-3-4-5-11-28-25-24-22(30-26(27)31-25)10-12-33(24)15-19-7-6-18(13-23(19)34-2)14-32-16-21(17-32)29-20-8-9-20/h6-7,10,12-13,20-21,29H,3-5,8-9,11,14-17H2,1-2H3,(H3,27,28,30,31). The molecule has 1 saturated heterocycles. The Labute approximate surface area is 201 Å². The minimum atomic E-state index is 0.297. The molecule has 0 amide bonds. The van der Waals surface area contributed by atoms with Gasteiger partial charge in [-0.3, -0.25) is 4.90 Å². The maximum atomic E-state index is 5.97. The quantitative estimate of drug-likeness (QED) is 0.353. The highest BCUT2D eigenvalue weighted by molar-refractivity contribution is 5.87. The normalized spacial score (nSPS) is 16.6. The number of fused-ring (bicyclic) bond motifs is 1. The molecule has 1 aromatic carbocycles. The second-order valence-corrected chi connectivity index (χ2v) is 9.72. The predicted octanol–water partition coefficient (Wildman–Crippen LogP) is 3.61. The van der Waals surface area contributed by atoms with Gasteiger partial charge in [0.25, 0.3) is 0 Å². The summed E-state index contributed by atoms with van der Waals surface area (Å²) in [6.07, 6.45) is 8.23. The highest BCUT2D eigenvalue weighted by atomic mass is 16.5. The van der Waals surface area contributed by atoms with Gasteiger partial charge in [-0.15, -0.1) is 0 Å². The Kier molecular flexibility index (Phi) is 6.87. The second-order valence-electron chi connectivity index (χ2n) is 9.72. The van der Waals surface area contributed by atoms with Crippen LogP contribution in [-0.4, -0.2) is 58.3 Å². The molecular formula is C26H37N7O. The number of unbranched alkanes of at least 4 members (excludes halogenated alkanes) is 2. The predicted molar refractivity (Wildman–Crippen MR) is 137 cm³/mol. The number of rotatable bonds is 12. The fourth-order valence-corrected chi connectivity index (χ4v) is 4.81. The first kappa shape index (κ1) is 22.9. The summed E-state index contributed by atoms with van der Waals surface area (Å²) < 4.78 is 7.97. The minimum absolute atomic E-state index is 0.297. The lowest BCUT2D eigenvalue weighted by Gasteiger charge is -2.40.